The maximum Gasteiger partial charge on any atom is 0.328 e. The predicted molar refractivity (Wildman–Crippen MR) is 74.5 cm³/mol. The number of carbonyl (C=O) groups is 1. The van der Waals surface area contributed by atoms with Gasteiger partial charge in [-0.3, -0.25) is 0 Å². The molecule has 1 fully saturated rings. The minimum absolute atomic E-state index is 0.159. The Morgan fingerprint density at radius 1 is 1.44 bits per heavy atom. The minimum Gasteiger partial charge on any atom is -0.464 e. The normalized spacial score (nSPS) is 18.7. The molecule has 0 bridgehead atoms. The van der Waals surface area contributed by atoms with Crippen LogP contribution in [0.2, 0.25) is 0 Å². The maximum atomic E-state index is 11.9. The van der Waals surface area contributed by atoms with Gasteiger partial charge in [0.15, 0.2) is 0 Å². The van der Waals surface area contributed by atoms with Gasteiger partial charge in [0.25, 0.3) is 0 Å². The van der Waals surface area contributed by atoms with Crippen LogP contribution in [-0.2, 0) is 9.53 Å². The van der Waals surface area contributed by atoms with Crippen LogP contribution in [-0.4, -0.2) is 35.1 Å². The lowest BCUT2D eigenvalue weighted by Crippen LogP contribution is -2.40. The molecule has 18 heavy (non-hydrogen) atoms. The van der Waals surface area contributed by atoms with E-state index in [-0.39, 0.29) is 12.0 Å². The van der Waals surface area contributed by atoms with Crippen molar-refractivity contribution in [1.82, 2.24) is 4.90 Å². The molecule has 1 aromatic carbocycles. The summed E-state index contributed by atoms with van der Waals surface area (Å²) in [6, 6.07) is 9.61. The van der Waals surface area contributed by atoms with Crippen molar-refractivity contribution in [2.75, 3.05) is 13.2 Å². The first-order valence-electron chi connectivity index (χ1n) is 6.26. The Labute approximate surface area is 113 Å². The lowest BCUT2D eigenvalue weighted by Gasteiger charge is -2.25. The largest absolute Gasteiger partial charge is 0.464 e. The third-order valence-corrected chi connectivity index (χ3v) is 3.56. The molecule has 0 spiro atoms. The van der Waals surface area contributed by atoms with Gasteiger partial charge in [-0.15, -0.1) is 0 Å². The van der Waals surface area contributed by atoms with Crippen LogP contribution in [0.15, 0.2) is 30.3 Å². The summed E-state index contributed by atoms with van der Waals surface area (Å²) in [5.74, 6) is -0.159. The van der Waals surface area contributed by atoms with Gasteiger partial charge in [-0.2, -0.15) is 0 Å². The molecule has 4 heteroatoms. The number of hydrogen-bond acceptors (Lipinski definition) is 3. The molecular weight excluding hydrogens is 246 g/mol. The molecule has 0 saturated carbocycles. The Hall–Kier alpha value is -1.42. The van der Waals surface area contributed by atoms with E-state index in [1.165, 1.54) is 0 Å². The zero-order valence-corrected chi connectivity index (χ0v) is 11.3. The zero-order valence-electron chi connectivity index (χ0n) is 10.5. The lowest BCUT2D eigenvalue weighted by atomic mass is 10.2. The van der Waals surface area contributed by atoms with Gasteiger partial charge >= 0.3 is 5.97 Å². The summed E-state index contributed by atoms with van der Waals surface area (Å²) in [6.45, 7) is 3.07. The summed E-state index contributed by atoms with van der Waals surface area (Å²) in [5.41, 5.74) is 0.990. The van der Waals surface area contributed by atoms with E-state index in [1.54, 1.807) is 0 Å². The van der Waals surface area contributed by atoms with E-state index in [0.717, 1.165) is 29.9 Å². The highest BCUT2D eigenvalue weighted by molar-refractivity contribution is 7.80. The van der Waals surface area contributed by atoms with Crippen molar-refractivity contribution >= 4 is 23.2 Å². The molecule has 2 rings (SSSR count). The maximum absolute atomic E-state index is 11.9. The Bertz CT molecular complexity index is 433. The molecule has 1 aromatic rings. The van der Waals surface area contributed by atoms with Crippen LogP contribution in [0.25, 0.3) is 0 Å². The van der Waals surface area contributed by atoms with Crippen LogP contribution in [0.4, 0.5) is 0 Å². The number of nitrogens with zero attached hydrogens (tertiary/aromatic N) is 1. The van der Waals surface area contributed by atoms with Crippen molar-refractivity contribution in [3.8, 4) is 0 Å². The summed E-state index contributed by atoms with van der Waals surface area (Å²) in [7, 11) is 0. The third kappa shape index (κ3) is 2.70. The molecule has 0 N–H and O–H groups in total. The molecule has 3 nitrogen and oxygen atoms in total. The van der Waals surface area contributed by atoms with Crippen molar-refractivity contribution in [2.24, 2.45) is 0 Å². The Morgan fingerprint density at radius 3 is 2.83 bits per heavy atom. The lowest BCUT2D eigenvalue weighted by molar-refractivity contribution is -0.147. The van der Waals surface area contributed by atoms with Gasteiger partial charge in [0.2, 0.25) is 0 Å². The van der Waals surface area contributed by atoms with Crippen LogP contribution in [0.1, 0.15) is 25.3 Å². The smallest absolute Gasteiger partial charge is 0.328 e. The Morgan fingerprint density at radius 2 is 2.17 bits per heavy atom. The summed E-state index contributed by atoms with van der Waals surface area (Å²) in [5, 5.41) is 0. The van der Waals surface area contributed by atoms with Gasteiger partial charge in [0.05, 0.1) is 6.61 Å². The van der Waals surface area contributed by atoms with Gasteiger partial charge in [-0.1, -0.05) is 42.5 Å². The first-order valence-corrected chi connectivity index (χ1v) is 6.67. The standard InChI is InChI=1S/C14H17NO2S/c1-2-17-14(16)12-9-6-10-15(12)13(18)11-7-4-3-5-8-11/h3-5,7-8,12H,2,6,9-10H2,1H3. The highest BCUT2D eigenvalue weighted by Gasteiger charge is 2.33. The Kier molecular flexibility index (Phi) is 4.31. The number of ether oxygens (including phenoxy) is 1. The van der Waals surface area contributed by atoms with E-state index in [2.05, 4.69) is 0 Å². The molecule has 0 aliphatic carbocycles. The molecular formula is C14H17NO2S. The minimum atomic E-state index is -0.211. The van der Waals surface area contributed by atoms with Gasteiger partial charge in [0.1, 0.15) is 11.0 Å². The summed E-state index contributed by atoms with van der Waals surface area (Å²) >= 11 is 5.48. The molecule has 1 aliphatic heterocycles. The number of thiocarbonyl (C=S) groups is 1. The monoisotopic (exact) mass is 263 g/mol. The van der Waals surface area contributed by atoms with Crippen molar-refractivity contribution in [1.29, 1.82) is 0 Å². The van der Waals surface area contributed by atoms with E-state index in [9.17, 15) is 4.79 Å². The topological polar surface area (TPSA) is 29.5 Å². The van der Waals surface area contributed by atoms with Crippen LogP contribution in [0, 0.1) is 0 Å². The fourth-order valence-corrected chi connectivity index (χ4v) is 2.59. The highest BCUT2D eigenvalue weighted by Crippen LogP contribution is 2.21. The number of esters is 1. The van der Waals surface area contributed by atoms with Crippen LogP contribution >= 0.6 is 12.2 Å². The molecule has 96 valence electrons. The second-order valence-electron chi connectivity index (χ2n) is 4.27. The second-order valence-corrected chi connectivity index (χ2v) is 4.66. The average Bonchev–Trinajstić information content (AvgIpc) is 2.88. The first kappa shape index (κ1) is 13.0. The molecule has 0 aromatic heterocycles. The quantitative estimate of drug-likeness (QED) is 0.618. The SMILES string of the molecule is CCOC(=O)C1CCCN1C(=S)c1ccccc1. The number of likely N-dealkylation sites (tertiary alicyclic amines) is 1. The fourth-order valence-electron chi connectivity index (χ4n) is 2.24. The number of benzene rings is 1. The van der Waals surface area contributed by atoms with Gasteiger partial charge in [-0.05, 0) is 19.8 Å². The first-order chi connectivity index (χ1) is 8.74. The Balaban J connectivity index is 2.12. The van der Waals surface area contributed by atoms with Gasteiger partial charge in [-0.25, -0.2) is 4.79 Å². The second kappa shape index (κ2) is 5.96. The molecule has 1 unspecified atom stereocenters. The molecule has 1 saturated heterocycles. The number of hydrogen-bond donors (Lipinski definition) is 0. The average molecular weight is 263 g/mol. The summed E-state index contributed by atoms with van der Waals surface area (Å²) < 4.78 is 5.10. The molecule has 0 amide bonds. The van der Waals surface area contributed by atoms with Crippen molar-refractivity contribution in [3.05, 3.63) is 35.9 Å². The van der Waals surface area contributed by atoms with Crippen LogP contribution < -0.4 is 0 Å². The van der Waals surface area contributed by atoms with E-state index in [0.29, 0.717) is 6.61 Å². The number of rotatable bonds is 3. The van der Waals surface area contributed by atoms with E-state index in [1.807, 2.05) is 42.2 Å². The summed E-state index contributed by atoms with van der Waals surface area (Å²) in [6.07, 6.45) is 1.81. The fraction of sp³-hybridized carbons (Fsp3) is 0.429. The zero-order chi connectivity index (χ0) is 13.0. The van der Waals surface area contributed by atoms with E-state index in [4.69, 9.17) is 17.0 Å². The van der Waals surface area contributed by atoms with E-state index >= 15 is 0 Å². The van der Waals surface area contributed by atoms with Crippen molar-refractivity contribution in [2.45, 2.75) is 25.8 Å². The molecule has 1 heterocycles. The third-order valence-electron chi connectivity index (χ3n) is 3.09. The van der Waals surface area contributed by atoms with E-state index < -0.39 is 0 Å². The van der Waals surface area contributed by atoms with Gasteiger partial charge < -0.3 is 9.64 Å². The summed E-state index contributed by atoms with van der Waals surface area (Å²) in [4.78, 5) is 14.6. The molecule has 1 atom stereocenters. The predicted octanol–water partition coefficient (Wildman–Crippen LogP) is 2.39. The van der Waals surface area contributed by atoms with Gasteiger partial charge in [0, 0.05) is 12.1 Å². The van der Waals surface area contributed by atoms with Crippen molar-refractivity contribution in [3.63, 3.8) is 0 Å². The van der Waals surface area contributed by atoms with Crippen LogP contribution in [0.5, 0.6) is 0 Å². The molecule has 0 radical (unpaired) electrons. The van der Waals surface area contributed by atoms with Crippen molar-refractivity contribution < 1.29 is 9.53 Å². The highest BCUT2D eigenvalue weighted by atomic mass is 32.1. The van der Waals surface area contributed by atoms with Crippen LogP contribution in [0.3, 0.4) is 0 Å². The molecule has 1 aliphatic rings. The number of carbonyl (C=O) groups excluding carboxylic acids is 1.